The lowest BCUT2D eigenvalue weighted by atomic mass is 9.91. The lowest BCUT2D eigenvalue weighted by Gasteiger charge is -2.39. The summed E-state index contributed by atoms with van der Waals surface area (Å²) in [6, 6.07) is 23.3. The largest absolute Gasteiger partial charge is 0.428 e. The second-order valence-electron chi connectivity index (χ2n) is 13.0. The number of likely N-dealkylation sites (tertiary alicyclic amines) is 1. The number of primary amides is 2. The number of rotatable bonds is 10. The number of benzene rings is 3. The molecule has 6 rings (SSSR count). The second-order valence-corrected chi connectivity index (χ2v) is 13.0. The van der Waals surface area contributed by atoms with Gasteiger partial charge in [0, 0.05) is 18.7 Å². The highest BCUT2D eigenvalue weighted by Crippen LogP contribution is 2.42. The van der Waals surface area contributed by atoms with E-state index in [1.54, 1.807) is 48.5 Å². The van der Waals surface area contributed by atoms with Gasteiger partial charge in [-0.2, -0.15) is 0 Å². The van der Waals surface area contributed by atoms with E-state index < -0.39 is 23.3 Å². The third-order valence-corrected chi connectivity index (χ3v) is 9.17. The van der Waals surface area contributed by atoms with Gasteiger partial charge in [-0.05, 0) is 74.7 Å². The molecule has 0 saturated carbocycles. The summed E-state index contributed by atoms with van der Waals surface area (Å²) in [6.07, 6.45) is 2.84. The summed E-state index contributed by atoms with van der Waals surface area (Å²) in [4.78, 5) is 56.4. The molecule has 2 atom stereocenters. The molecule has 2 aromatic heterocycles. The zero-order chi connectivity index (χ0) is 35.6. The van der Waals surface area contributed by atoms with E-state index in [9.17, 15) is 14.4 Å². The van der Waals surface area contributed by atoms with E-state index in [1.165, 1.54) is 0 Å². The highest BCUT2D eigenvalue weighted by molar-refractivity contribution is 5.89. The maximum atomic E-state index is 14.2. The Hall–Kier alpha value is -5.95. The summed E-state index contributed by atoms with van der Waals surface area (Å²) in [5.74, 6) is 0.279. The zero-order valence-electron chi connectivity index (χ0n) is 28.4. The lowest BCUT2D eigenvalue weighted by Crippen LogP contribution is -2.53. The van der Waals surface area contributed by atoms with E-state index in [2.05, 4.69) is 38.1 Å². The Balaban J connectivity index is 1.28. The van der Waals surface area contributed by atoms with Gasteiger partial charge in [-0.15, -0.1) is 0 Å². The molecule has 3 aromatic carbocycles. The second kappa shape index (κ2) is 13.5. The maximum Gasteiger partial charge on any atom is 0.412 e. The molecule has 5 aromatic rings. The average molecular weight is 677 g/mol. The van der Waals surface area contributed by atoms with E-state index >= 15 is 0 Å². The van der Waals surface area contributed by atoms with Gasteiger partial charge >= 0.3 is 18.2 Å². The molecule has 0 spiro atoms. The van der Waals surface area contributed by atoms with Crippen molar-refractivity contribution in [3.63, 3.8) is 0 Å². The van der Waals surface area contributed by atoms with Crippen LogP contribution in [-0.4, -0.2) is 68.5 Å². The number of nitrogens with two attached hydrogens (primary N) is 2. The van der Waals surface area contributed by atoms with Crippen LogP contribution in [0.15, 0.2) is 85.2 Å². The number of nitrogens with zero attached hydrogens (tertiary/aromatic N) is 4. The molecule has 6 N–H and O–H groups in total. The van der Waals surface area contributed by atoms with Crippen molar-refractivity contribution >= 4 is 18.1 Å². The van der Waals surface area contributed by atoms with Crippen LogP contribution in [0, 0.1) is 0 Å². The predicted molar refractivity (Wildman–Crippen MR) is 187 cm³/mol. The normalized spacial score (nSPS) is 17.0. The number of nitrogens with one attached hydrogen (secondary N) is 2. The van der Waals surface area contributed by atoms with Gasteiger partial charge in [0.25, 0.3) is 5.91 Å². The van der Waals surface area contributed by atoms with Crippen molar-refractivity contribution in [3.8, 4) is 39.7 Å². The van der Waals surface area contributed by atoms with Crippen molar-refractivity contribution in [2.45, 2.75) is 44.4 Å². The third kappa shape index (κ3) is 6.67. The minimum atomic E-state index is -1.61. The summed E-state index contributed by atoms with van der Waals surface area (Å²) in [5, 5.41) is 0. The Labute approximate surface area is 289 Å². The molecular weight excluding hydrogens is 636 g/mol. The molecule has 1 aliphatic rings. The number of carbonyl (C=O) groups excluding carboxylic acids is 3. The van der Waals surface area contributed by atoms with Gasteiger partial charge in [-0.25, -0.2) is 19.6 Å². The molecule has 1 saturated heterocycles. The Morgan fingerprint density at radius 1 is 0.900 bits per heavy atom. The van der Waals surface area contributed by atoms with E-state index in [1.807, 2.05) is 51.4 Å². The van der Waals surface area contributed by atoms with Crippen molar-refractivity contribution in [1.29, 1.82) is 0 Å². The molecule has 258 valence electrons. The number of carbonyl (C=O) groups is 3. The molecular formula is C37H40N8O5. The van der Waals surface area contributed by atoms with Crippen molar-refractivity contribution < 1.29 is 23.9 Å². The van der Waals surface area contributed by atoms with Crippen LogP contribution in [0.2, 0.25) is 0 Å². The van der Waals surface area contributed by atoms with Crippen LogP contribution in [0.5, 0.6) is 6.01 Å². The number of hydrogen-bond acceptors (Lipinski definition) is 8. The summed E-state index contributed by atoms with van der Waals surface area (Å²) < 4.78 is 10.4. The van der Waals surface area contributed by atoms with Gasteiger partial charge in [-0.1, -0.05) is 66.7 Å². The van der Waals surface area contributed by atoms with Crippen molar-refractivity contribution in [3.05, 3.63) is 102 Å². The Morgan fingerprint density at radius 2 is 1.56 bits per heavy atom. The van der Waals surface area contributed by atoms with Crippen molar-refractivity contribution in [1.82, 2.24) is 29.7 Å². The van der Waals surface area contributed by atoms with Gasteiger partial charge in [-0.3, -0.25) is 4.79 Å². The molecule has 3 heterocycles. The Bertz CT molecular complexity index is 2020. The number of aromatic nitrogens is 4. The smallest absolute Gasteiger partial charge is 0.412 e. The lowest BCUT2D eigenvalue weighted by molar-refractivity contribution is -0.155. The average Bonchev–Trinajstić information content (AvgIpc) is 3.85. The standard InChI is InChI=1S/C37H40N8O5/c1-36(17-8-18-45(36)32(46)37(2,50-34(39)48)27-9-6-5-7-10-27)31-40-20-30(42-31)25-15-16-28(26(19-25)22-44(3)4)23-11-13-24(14-12-23)29-21-41-35(43-29)49-33(38)47/h5-7,9-16,19-21H,8,17-18,22H2,1-4H3,(H2,38,47)(H2,39,48)(H,40,42)(H,41,43)/t36?,37-/m1/s1. The minimum absolute atomic E-state index is 0.0337. The van der Waals surface area contributed by atoms with Crippen LogP contribution < -0.4 is 16.2 Å². The molecule has 1 fully saturated rings. The van der Waals surface area contributed by atoms with Crippen LogP contribution in [0.25, 0.3) is 33.6 Å². The molecule has 0 radical (unpaired) electrons. The number of aromatic amines is 2. The zero-order valence-corrected chi connectivity index (χ0v) is 28.4. The van der Waals surface area contributed by atoms with E-state index in [-0.39, 0.29) is 11.9 Å². The molecule has 0 bridgehead atoms. The molecule has 50 heavy (non-hydrogen) atoms. The van der Waals surface area contributed by atoms with Crippen LogP contribution in [0.4, 0.5) is 9.59 Å². The highest BCUT2D eigenvalue weighted by Gasteiger charge is 2.51. The number of ether oxygens (including phenoxy) is 2. The van der Waals surface area contributed by atoms with Crippen molar-refractivity contribution in [2.75, 3.05) is 20.6 Å². The van der Waals surface area contributed by atoms with E-state index in [4.69, 9.17) is 25.9 Å². The molecule has 1 unspecified atom stereocenters. The SMILES string of the molecule is CN(C)Cc1cc(-c2cnc(C3(C)CCCN3C(=O)[C@](C)(OC(N)=O)c3ccccc3)[nH]2)ccc1-c1ccc(-c2cnc(OC(N)=O)[nH]2)cc1. The first-order valence-electron chi connectivity index (χ1n) is 16.2. The number of hydrogen-bond donors (Lipinski definition) is 4. The Kier molecular flexibility index (Phi) is 9.17. The van der Waals surface area contributed by atoms with Crippen molar-refractivity contribution in [2.24, 2.45) is 11.5 Å². The summed E-state index contributed by atoms with van der Waals surface area (Å²) >= 11 is 0. The summed E-state index contributed by atoms with van der Waals surface area (Å²) in [5.41, 5.74) is 15.2. The van der Waals surface area contributed by atoms with E-state index in [0.29, 0.717) is 36.6 Å². The fraction of sp³-hybridized carbons (Fsp3) is 0.270. The van der Waals surface area contributed by atoms with Gasteiger partial charge in [0.15, 0.2) is 0 Å². The van der Waals surface area contributed by atoms with Crippen LogP contribution >= 0.6 is 0 Å². The van der Waals surface area contributed by atoms with Gasteiger partial charge in [0.05, 0.1) is 29.3 Å². The van der Waals surface area contributed by atoms with Gasteiger partial charge in [0.1, 0.15) is 5.82 Å². The predicted octanol–water partition coefficient (Wildman–Crippen LogP) is 5.50. The van der Waals surface area contributed by atoms with Gasteiger partial charge < -0.3 is 40.7 Å². The summed E-state index contributed by atoms with van der Waals surface area (Å²) in [6.45, 7) is 4.73. The van der Waals surface area contributed by atoms with E-state index in [0.717, 1.165) is 39.9 Å². The fourth-order valence-electron chi connectivity index (χ4n) is 6.66. The topological polar surface area (TPSA) is 186 Å². The molecule has 1 aliphatic heterocycles. The van der Waals surface area contributed by atoms with Crippen LogP contribution in [0.3, 0.4) is 0 Å². The summed E-state index contributed by atoms with van der Waals surface area (Å²) in [7, 11) is 4.05. The first-order valence-corrected chi connectivity index (χ1v) is 16.2. The quantitative estimate of drug-likeness (QED) is 0.149. The van der Waals surface area contributed by atoms with Crippen LogP contribution in [0.1, 0.15) is 43.6 Å². The minimum Gasteiger partial charge on any atom is -0.428 e. The molecule has 0 aliphatic carbocycles. The van der Waals surface area contributed by atoms with Crippen LogP contribution in [-0.2, 0) is 27.2 Å². The Morgan fingerprint density at radius 3 is 2.24 bits per heavy atom. The first-order chi connectivity index (χ1) is 23.9. The monoisotopic (exact) mass is 676 g/mol. The number of amides is 3. The molecule has 13 nitrogen and oxygen atoms in total. The molecule has 13 heteroatoms. The molecule has 3 amide bonds. The third-order valence-electron chi connectivity index (χ3n) is 9.17. The number of H-pyrrole nitrogens is 2. The first kappa shape index (κ1) is 33.9. The number of imidazole rings is 2. The highest BCUT2D eigenvalue weighted by atomic mass is 16.6. The van der Waals surface area contributed by atoms with Gasteiger partial charge in [0.2, 0.25) is 5.60 Å². The fourth-order valence-corrected chi connectivity index (χ4v) is 6.66. The maximum absolute atomic E-state index is 14.2.